The van der Waals surface area contributed by atoms with E-state index in [4.69, 9.17) is 9.47 Å². The lowest BCUT2D eigenvalue weighted by Crippen LogP contribution is -1.98. The van der Waals surface area contributed by atoms with Gasteiger partial charge in [-0.1, -0.05) is 30.3 Å². The standard InChI is InChI=1S/C20H18O5/c21-16-6-1-4-14(10-16)12-24-18-8-3-9-19(20(18)23)25-13-15-5-2-7-17(22)11-15/h1-11,21-23H,12-13H2. The average Bonchev–Trinajstić information content (AvgIpc) is 2.60. The second kappa shape index (κ2) is 7.49. The molecular formula is C20H18O5. The van der Waals surface area contributed by atoms with Gasteiger partial charge in [0.05, 0.1) is 0 Å². The summed E-state index contributed by atoms with van der Waals surface area (Å²) in [6.07, 6.45) is 0. The van der Waals surface area contributed by atoms with Crippen molar-refractivity contribution in [2.75, 3.05) is 0 Å². The Labute approximate surface area is 145 Å². The highest BCUT2D eigenvalue weighted by Gasteiger charge is 2.10. The minimum absolute atomic E-state index is 0.0946. The van der Waals surface area contributed by atoms with Gasteiger partial charge in [-0.15, -0.1) is 0 Å². The van der Waals surface area contributed by atoms with Crippen molar-refractivity contribution in [3.8, 4) is 28.7 Å². The third-order valence-electron chi connectivity index (χ3n) is 3.57. The summed E-state index contributed by atoms with van der Waals surface area (Å²) in [5.41, 5.74) is 1.57. The molecule has 25 heavy (non-hydrogen) atoms. The van der Waals surface area contributed by atoms with Crippen molar-refractivity contribution in [2.45, 2.75) is 13.2 Å². The van der Waals surface area contributed by atoms with E-state index in [1.165, 1.54) is 0 Å². The summed E-state index contributed by atoms with van der Waals surface area (Å²) in [5, 5.41) is 29.2. The number of phenolic OH excluding ortho intramolecular Hbond substituents is 3. The van der Waals surface area contributed by atoms with Crippen LogP contribution in [-0.4, -0.2) is 15.3 Å². The molecule has 0 aliphatic heterocycles. The zero-order chi connectivity index (χ0) is 17.6. The Bertz CT molecular complexity index is 792. The first kappa shape index (κ1) is 16.5. The van der Waals surface area contributed by atoms with Crippen molar-refractivity contribution >= 4 is 0 Å². The van der Waals surface area contributed by atoms with Gasteiger partial charge in [0.1, 0.15) is 24.7 Å². The SMILES string of the molecule is Oc1cccc(COc2cccc(OCc3cccc(O)c3)c2O)c1. The molecule has 3 rings (SSSR count). The molecule has 3 aromatic rings. The van der Waals surface area contributed by atoms with Gasteiger partial charge < -0.3 is 24.8 Å². The summed E-state index contributed by atoms with van der Waals surface area (Å²) in [4.78, 5) is 0. The molecule has 0 saturated heterocycles. The molecule has 0 amide bonds. The van der Waals surface area contributed by atoms with Crippen LogP contribution in [0.5, 0.6) is 28.7 Å². The third-order valence-corrected chi connectivity index (χ3v) is 3.57. The van der Waals surface area contributed by atoms with Crippen LogP contribution < -0.4 is 9.47 Å². The predicted octanol–water partition coefficient (Wildman–Crippen LogP) is 3.96. The Morgan fingerprint density at radius 1 is 0.600 bits per heavy atom. The van der Waals surface area contributed by atoms with E-state index in [1.54, 1.807) is 54.6 Å². The molecule has 0 atom stereocenters. The number of rotatable bonds is 6. The molecule has 0 aliphatic rings. The van der Waals surface area contributed by atoms with Crippen molar-refractivity contribution in [2.24, 2.45) is 0 Å². The second-order valence-electron chi connectivity index (χ2n) is 5.52. The van der Waals surface area contributed by atoms with Crippen molar-refractivity contribution in [3.05, 3.63) is 77.9 Å². The molecule has 0 saturated carbocycles. The number of benzene rings is 3. The summed E-state index contributed by atoms with van der Waals surface area (Å²) >= 11 is 0. The highest BCUT2D eigenvalue weighted by atomic mass is 16.5. The molecule has 0 radical (unpaired) electrons. The van der Waals surface area contributed by atoms with Gasteiger partial charge in [-0.3, -0.25) is 0 Å². The van der Waals surface area contributed by atoms with Gasteiger partial charge in [-0.25, -0.2) is 0 Å². The van der Waals surface area contributed by atoms with Crippen LogP contribution in [0.2, 0.25) is 0 Å². The van der Waals surface area contributed by atoms with Crippen LogP contribution in [0.1, 0.15) is 11.1 Å². The molecule has 5 heteroatoms. The molecule has 0 spiro atoms. The predicted molar refractivity (Wildman–Crippen MR) is 93.0 cm³/mol. The van der Waals surface area contributed by atoms with E-state index in [9.17, 15) is 15.3 Å². The number of phenols is 3. The largest absolute Gasteiger partial charge is 0.508 e. The van der Waals surface area contributed by atoms with Crippen LogP contribution >= 0.6 is 0 Å². The number of ether oxygens (including phenoxy) is 2. The molecule has 0 fully saturated rings. The van der Waals surface area contributed by atoms with Gasteiger partial charge in [0, 0.05) is 0 Å². The highest BCUT2D eigenvalue weighted by molar-refractivity contribution is 5.50. The Balaban J connectivity index is 1.67. The summed E-state index contributed by atoms with van der Waals surface area (Å²) < 4.78 is 11.2. The number of para-hydroxylation sites is 1. The van der Waals surface area contributed by atoms with Crippen LogP contribution in [-0.2, 0) is 13.2 Å². The quantitative estimate of drug-likeness (QED) is 0.634. The van der Waals surface area contributed by atoms with Crippen LogP contribution in [0.4, 0.5) is 0 Å². The van der Waals surface area contributed by atoms with Crippen LogP contribution in [0.25, 0.3) is 0 Å². The topological polar surface area (TPSA) is 79.2 Å². The Morgan fingerprint density at radius 3 is 1.48 bits per heavy atom. The lowest BCUT2D eigenvalue weighted by molar-refractivity contribution is 0.262. The van der Waals surface area contributed by atoms with Crippen molar-refractivity contribution in [1.29, 1.82) is 0 Å². The molecule has 3 N–H and O–H groups in total. The first-order valence-electron chi connectivity index (χ1n) is 7.75. The minimum Gasteiger partial charge on any atom is -0.508 e. The van der Waals surface area contributed by atoms with Crippen LogP contribution in [0, 0.1) is 0 Å². The summed E-state index contributed by atoms with van der Waals surface area (Å²) in [5.74, 6) is 0.804. The Kier molecular flexibility index (Phi) is 4.95. The van der Waals surface area contributed by atoms with Gasteiger partial charge in [0.15, 0.2) is 11.5 Å². The maximum Gasteiger partial charge on any atom is 0.200 e. The van der Waals surface area contributed by atoms with Gasteiger partial charge in [-0.2, -0.15) is 0 Å². The summed E-state index contributed by atoms with van der Waals surface area (Å²) in [6.45, 7) is 0.413. The average molecular weight is 338 g/mol. The van der Waals surface area contributed by atoms with Gasteiger partial charge >= 0.3 is 0 Å². The summed E-state index contributed by atoms with van der Waals surface area (Å²) in [6, 6.07) is 18.4. The van der Waals surface area contributed by atoms with Crippen LogP contribution in [0.3, 0.4) is 0 Å². The van der Waals surface area contributed by atoms with Gasteiger partial charge in [0.2, 0.25) is 5.75 Å². The monoisotopic (exact) mass is 338 g/mol. The lowest BCUT2D eigenvalue weighted by atomic mass is 10.2. The van der Waals surface area contributed by atoms with Crippen molar-refractivity contribution in [3.63, 3.8) is 0 Å². The summed E-state index contributed by atoms with van der Waals surface area (Å²) in [7, 11) is 0. The second-order valence-corrected chi connectivity index (χ2v) is 5.52. The zero-order valence-corrected chi connectivity index (χ0v) is 13.4. The van der Waals surface area contributed by atoms with Crippen molar-refractivity contribution in [1.82, 2.24) is 0 Å². The molecule has 5 nitrogen and oxygen atoms in total. The molecular weight excluding hydrogens is 320 g/mol. The van der Waals surface area contributed by atoms with E-state index in [-0.39, 0.29) is 42.0 Å². The van der Waals surface area contributed by atoms with E-state index in [1.807, 2.05) is 12.1 Å². The Hall–Kier alpha value is -3.34. The molecule has 0 aromatic heterocycles. The van der Waals surface area contributed by atoms with E-state index in [0.717, 1.165) is 11.1 Å². The fourth-order valence-electron chi connectivity index (χ4n) is 2.35. The highest BCUT2D eigenvalue weighted by Crippen LogP contribution is 2.36. The maximum atomic E-state index is 10.3. The van der Waals surface area contributed by atoms with Crippen molar-refractivity contribution < 1.29 is 24.8 Å². The normalized spacial score (nSPS) is 10.4. The molecule has 0 bridgehead atoms. The smallest absolute Gasteiger partial charge is 0.200 e. The Morgan fingerprint density at radius 2 is 1.04 bits per heavy atom. The molecule has 0 aliphatic carbocycles. The van der Waals surface area contributed by atoms with E-state index < -0.39 is 0 Å². The van der Waals surface area contributed by atoms with Gasteiger partial charge in [0.25, 0.3) is 0 Å². The number of hydrogen-bond acceptors (Lipinski definition) is 5. The maximum absolute atomic E-state index is 10.3. The minimum atomic E-state index is -0.0946. The van der Waals surface area contributed by atoms with Gasteiger partial charge in [-0.05, 0) is 47.5 Å². The van der Waals surface area contributed by atoms with Crippen LogP contribution in [0.15, 0.2) is 66.7 Å². The fraction of sp³-hybridized carbons (Fsp3) is 0.100. The van der Waals surface area contributed by atoms with E-state index in [2.05, 4.69) is 0 Å². The first-order chi connectivity index (χ1) is 12.1. The molecule has 128 valence electrons. The van der Waals surface area contributed by atoms with E-state index in [0.29, 0.717) is 0 Å². The number of hydrogen-bond donors (Lipinski definition) is 3. The number of aromatic hydroxyl groups is 3. The zero-order valence-electron chi connectivity index (χ0n) is 13.4. The lowest BCUT2D eigenvalue weighted by Gasteiger charge is -2.12. The fourth-order valence-corrected chi connectivity index (χ4v) is 2.35. The first-order valence-corrected chi connectivity index (χ1v) is 7.75. The van der Waals surface area contributed by atoms with E-state index >= 15 is 0 Å². The molecule has 0 unspecified atom stereocenters. The molecule has 0 heterocycles. The third kappa shape index (κ3) is 4.35. The molecule has 3 aromatic carbocycles.